The van der Waals surface area contributed by atoms with Crippen LogP contribution in [0.3, 0.4) is 0 Å². The molecule has 112 valence electrons. The highest BCUT2D eigenvalue weighted by Crippen LogP contribution is 2.25. The Morgan fingerprint density at radius 3 is 2.19 bits per heavy atom. The Morgan fingerprint density at radius 1 is 0.952 bits per heavy atom. The largest absolute Gasteiger partial charge is 0.508 e. The molecule has 2 aromatic carbocycles. The van der Waals surface area contributed by atoms with Gasteiger partial charge in [-0.25, -0.2) is 0 Å². The van der Waals surface area contributed by atoms with Gasteiger partial charge in [0.15, 0.2) is 6.79 Å². The fourth-order valence-corrected chi connectivity index (χ4v) is 2.56. The zero-order chi connectivity index (χ0) is 15.4. The first-order valence-corrected chi connectivity index (χ1v) is 7.01. The van der Waals surface area contributed by atoms with E-state index in [0.29, 0.717) is 5.75 Å². The minimum atomic E-state index is 0.260. The highest BCUT2D eigenvalue weighted by atomic mass is 16.7. The maximum Gasteiger partial charge on any atom is 0.188 e. The molecule has 0 amide bonds. The van der Waals surface area contributed by atoms with E-state index < -0.39 is 0 Å². The zero-order valence-electron chi connectivity index (χ0n) is 13.1. The molecule has 2 rings (SSSR count). The van der Waals surface area contributed by atoms with Crippen molar-refractivity contribution in [2.24, 2.45) is 0 Å². The topological polar surface area (TPSA) is 38.7 Å². The van der Waals surface area contributed by atoms with Crippen LogP contribution in [0.15, 0.2) is 30.3 Å². The molecule has 0 radical (unpaired) electrons. The van der Waals surface area contributed by atoms with Crippen LogP contribution in [0.5, 0.6) is 11.5 Å². The highest BCUT2D eigenvalue weighted by molar-refractivity contribution is 5.44. The van der Waals surface area contributed by atoms with Gasteiger partial charge in [-0.1, -0.05) is 12.1 Å². The van der Waals surface area contributed by atoms with Crippen molar-refractivity contribution >= 4 is 0 Å². The van der Waals surface area contributed by atoms with Gasteiger partial charge in [-0.3, -0.25) is 0 Å². The van der Waals surface area contributed by atoms with Gasteiger partial charge in [0.05, 0.1) is 0 Å². The predicted molar refractivity (Wildman–Crippen MR) is 84.1 cm³/mol. The van der Waals surface area contributed by atoms with Crippen molar-refractivity contribution in [3.63, 3.8) is 0 Å². The molecule has 2 aromatic rings. The molecule has 0 saturated heterocycles. The normalized spacial score (nSPS) is 10.7. The van der Waals surface area contributed by atoms with Crippen LogP contribution in [-0.4, -0.2) is 19.0 Å². The number of methoxy groups -OCH3 is 1. The molecule has 21 heavy (non-hydrogen) atoms. The smallest absolute Gasteiger partial charge is 0.188 e. The van der Waals surface area contributed by atoms with E-state index in [1.807, 2.05) is 39.0 Å². The van der Waals surface area contributed by atoms with Gasteiger partial charge in [-0.2, -0.15) is 0 Å². The summed E-state index contributed by atoms with van der Waals surface area (Å²) in [7, 11) is 1.61. The van der Waals surface area contributed by atoms with Crippen LogP contribution in [0.25, 0.3) is 0 Å². The summed E-state index contributed by atoms with van der Waals surface area (Å²) in [6, 6.07) is 9.81. The van der Waals surface area contributed by atoms with E-state index >= 15 is 0 Å². The van der Waals surface area contributed by atoms with Gasteiger partial charge in [-0.15, -0.1) is 0 Å². The van der Waals surface area contributed by atoms with Crippen molar-refractivity contribution in [3.05, 3.63) is 58.1 Å². The lowest BCUT2D eigenvalue weighted by Crippen LogP contribution is -2.01. The van der Waals surface area contributed by atoms with Crippen LogP contribution in [0.4, 0.5) is 0 Å². The Labute approximate surface area is 126 Å². The summed E-state index contributed by atoms with van der Waals surface area (Å²) >= 11 is 0. The van der Waals surface area contributed by atoms with Crippen LogP contribution in [0.1, 0.15) is 27.8 Å². The molecular weight excluding hydrogens is 264 g/mol. The number of hydrogen-bond donors (Lipinski definition) is 1. The molecule has 0 atom stereocenters. The fourth-order valence-electron chi connectivity index (χ4n) is 2.56. The van der Waals surface area contributed by atoms with Crippen LogP contribution < -0.4 is 4.74 Å². The Morgan fingerprint density at radius 2 is 1.62 bits per heavy atom. The summed E-state index contributed by atoms with van der Waals surface area (Å²) in [5.41, 5.74) is 5.82. The first kappa shape index (κ1) is 15.4. The maximum atomic E-state index is 9.62. The standard InChI is InChI=1S/C18H22O3/c1-12-8-16(19)9-13(2)17(12)10-15-5-6-18(14(3)7-15)21-11-20-4/h5-9,19H,10-11H2,1-4H3. The van der Waals surface area contributed by atoms with Gasteiger partial charge in [0, 0.05) is 7.11 Å². The van der Waals surface area contributed by atoms with Gasteiger partial charge >= 0.3 is 0 Å². The number of benzene rings is 2. The Hall–Kier alpha value is -2.00. The lowest BCUT2D eigenvalue weighted by Gasteiger charge is -2.13. The lowest BCUT2D eigenvalue weighted by atomic mass is 9.95. The zero-order valence-corrected chi connectivity index (χ0v) is 13.1. The van der Waals surface area contributed by atoms with E-state index in [1.165, 1.54) is 11.1 Å². The number of hydrogen-bond acceptors (Lipinski definition) is 3. The number of ether oxygens (including phenoxy) is 2. The summed E-state index contributed by atoms with van der Waals surface area (Å²) < 4.78 is 10.4. The second-order valence-corrected chi connectivity index (χ2v) is 5.39. The minimum Gasteiger partial charge on any atom is -0.508 e. The highest BCUT2D eigenvalue weighted by Gasteiger charge is 2.08. The van der Waals surface area contributed by atoms with Crippen LogP contribution in [0.2, 0.25) is 0 Å². The molecule has 0 unspecified atom stereocenters. The van der Waals surface area contributed by atoms with E-state index in [1.54, 1.807) is 7.11 Å². The second-order valence-electron chi connectivity index (χ2n) is 5.39. The fraction of sp³-hybridized carbons (Fsp3) is 0.333. The summed E-state index contributed by atoms with van der Waals surface area (Å²) in [5, 5.41) is 9.62. The lowest BCUT2D eigenvalue weighted by molar-refractivity contribution is 0.0506. The van der Waals surface area contributed by atoms with Gasteiger partial charge in [-0.05, 0) is 73.2 Å². The summed E-state index contributed by atoms with van der Waals surface area (Å²) in [4.78, 5) is 0. The molecule has 3 nitrogen and oxygen atoms in total. The monoisotopic (exact) mass is 286 g/mol. The Kier molecular flexibility index (Phi) is 4.86. The molecule has 0 heterocycles. The maximum absolute atomic E-state index is 9.62. The summed E-state index contributed by atoms with van der Waals surface area (Å²) in [5.74, 6) is 1.17. The van der Waals surface area contributed by atoms with E-state index in [-0.39, 0.29) is 6.79 Å². The third kappa shape index (κ3) is 3.76. The average molecular weight is 286 g/mol. The average Bonchev–Trinajstić information content (AvgIpc) is 2.42. The molecule has 0 aliphatic rings. The van der Waals surface area contributed by atoms with E-state index in [0.717, 1.165) is 28.9 Å². The number of aromatic hydroxyl groups is 1. The van der Waals surface area contributed by atoms with Gasteiger partial charge in [0.2, 0.25) is 0 Å². The van der Waals surface area contributed by atoms with Crippen LogP contribution >= 0.6 is 0 Å². The van der Waals surface area contributed by atoms with Crippen molar-refractivity contribution < 1.29 is 14.6 Å². The van der Waals surface area contributed by atoms with Gasteiger partial charge in [0.25, 0.3) is 0 Å². The summed E-state index contributed by atoms with van der Waals surface area (Å²) in [6.45, 7) is 6.36. The second kappa shape index (κ2) is 6.64. The molecule has 3 heteroatoms. The molecule has 0 fully saturated rings. The van der Waals surface area contributed by atoms with Crippen molar-refractivity contribution in [1.29, 1.82) is 0 Å². The van der Waals surface area contributed by atoms with Crippen LogP contribution in [0, 0.1) is 20.8 Å². The predicted octanol–water partition coefficient (Wildman–Crippen LogP) is 3.89. The first-order valence-electron chi connectivity index (χ1n) is 7.01. The number of aryl methyl sites for hydroxylation is 3. The summed E-state index contributed by atoms with van der Waals surface area (Å²) in [6.07, 6.45) is 0.851. The number of rotatable bonds is 5. The van der Waals surface area contributed by atoms with E-state index in [2.05, 4.69) is 12.1 Å². The Bertz CT molecular complexity index is 609. The molecule has 0 aliphatic carbocycles. The molecule has 0 aliphatic heterocycles. The molecule has 0 saturated carbocycles. The third-order valence-corrected chi connectivity index (χ3v) is 3.63. The molecule has 0 spiro atoms. The minimum absolute atomic E-state index is 0.260. The third-order valence-electron chi connectivity index (χ3n) is 3.63. The number of phenols is 1. The first-order chi connectivity index (χ1) is 10.0. The quantitative estimate of drug-likeness (QED) is 0.847. The van der Waals surface area contributed by atoms with Crippen molar-refractivity contribution in [2.75, 3.05) is 13.9 Å². The van der Waals surface area contributed by atoms with Crippen molar-refractivity contribution in [2.45, 2.75) is 27.2 Å². The van der Waals surface area contributed by atoms with E-state index in [9.17, 15) is 5.11 Å². The number of phenolic OH excluding ortho intramolecular Hbond substituents is 1. The van der Waals surface area contributed by atoms with Crippen molar-refractivity contribution in [3.8, 4) is 11.5 Å². The molecule has 1 N–H and O–H groups in total. The van der Waals surface area contributed by atoms with Crippen molar-refractivity contribution in [1.82, 2.24) is 0 Å². The SMILES string of the molecule is COCOc1ccc(Cc2c(C)cc(O)cc2C)cc1C. The van der Waals surface area contributed by atoms with Crippen LogP contribution in [-0.2, 0) is 11.2 Å². The molecule has 0 bridgehead atoms. The Balaban J connectivity index is 2.23. The molecule has 0 aromatic heterocycles. The van der Waals surface area contributed by atoms with Gasteiger partial charge in [0.1, 0.15) is 11.5 Å². The molecular formula is C18H22O3. The van der Waals surface area contributed by atoms with E-state index in [4.69, 9.17) is 9.47 Å². The van der Waals surface area contributed by atoms with Gasteiger partial charge < -0.3 is 14.6 Å².